The van der Waals surface area contributed by atoms with E-state index in [0.29, 0.717) is 63.4 Å². The van der Waals surface area contributed by atoms with Crippen LogP contribution in [0.3, 0.4) is 0 Å². The Bertz CT molecular complexity index is 4120. The van der Waals surface area contributed by atoms with Crippen LogP contribution < -0.4 is 36.0 Å². The molecule has 0 radical (unpaired) electrons. The van der Waals surface area contributed by atoms with E-state index in [-0.39, 0.29) is 75.3 Å². The number of hydrogen-bond acceptors (Lipinski definition) is 13. The maximum atomic E-state index is 14.8. The van der Waals surface area contributed by atoms with E-state index in [0.717, 1.165) is 115 Å². The zero-order chi connectivity index (χ0) is 65.5. The van der Waals surface area contributed by atoms with Crippen LogP contribution in [0.25, 0.3) is 30.6 Å². The molecule has 95 heavy (non-hydrogen) atoms. The standard InChI is InChI=1S/2C25H27F2N3OS.C24H28N4OS.CH4.H2/c2*1-14-6-7-19-15(2)23(32-25(19)29-14)24(31)28-9-8-16-10-21(27)22(11-20(16)26)30-12-17-4-3-5-18(17)13-30;1-15-3-8-19-16(2)22(30-24(19)27-15)23(29)26-12-9-17-4-6-18(7-5-17)28-14-11-20-21(28)10-13-25-20;;/h2*6-7,10-11,17-18H,3-5,8-9,12-13H2,1-2H3,(H,28,31);3-8,20-21,25H,9-14H2,1-2H3,(H,26,29);1H4;1H. The maximum absolute atomic E-state index is 14.8. The van der Waals surface area contributed by atoms with Crippen LogP contribution in [0.2, 0.25) is 0 Å². The van der Waals surface area contributed by atoms with Crippen LogP contribution in [-0.4, -0.2) is 104 Å². The molecule has 4 saturated heterocycles. The van der Waals surface area contributed by atoms with Crippen molar-refractivity contribution in [1.29, 1.82) is 0 Å². The second kappa shape index (κ2) is 29.1. The van der Waals surface area contributed by atoms with Gasteiger partial charge >= 0.3 is 0 Å². The number of carbonyl (C=O) groups excluding carboxylic acids is 3. The highest BCUT2D eigenvalue weighted by Gasteiger charge is 2.40. The summed E-state index contributed by atoms with van der Waals surface area (Å²) >= 11 is 4.20. The summed E-state index contributed by atoms with van der Waals surface area (Å²) in [4.78, 5) is 62.8. The SMILES string of the molecule is C.Cc1ccc2c(C)c(C(=O)NCCc3cc(F)c(N4CC5CCCC5C4)cc3F)sc2n1.Cc1ccc2c(C)c(C(=O)NCCc3cc(F)c(N4CC5CCCC5C4)cc3F)sc2n1.Cc1ccc2c(C)c(C(=O)NCCc3ccc(N4CCC5NCCC54)cc3)sc2n1.[HH]. The van der Waals surface area contributed by atoms with Crippen molar-refractivity contribution >= 4 is 99.4 Å². The number of halogens is 4. The molecule has 0 spiro atoms. The predicted molar refractivity (Wildman–Crippen MR) is 382 cm³/mol. The fourth-order valence-corrected chi connectivity index (χ4v) is 18.8. The van der Waals surface area contributed by atoms with Crippen LogP contribution in [0, 0.1) is 88.5 Å². The molecule has 6 aliphatic rings. The minimum absolute atomic E-state index is 0. The topological polar surface area (TPSA) is 148 Å². The van der Waals surface area contributed by atoms with Crippen molar-refractivity contribution in [3.05, 3.63) is 173 Å². The van der Waals surface area contributed by atoms with Gasteiger partial charge in [-0.05, 0) is 224 Å². The number of nitrogens with one attached hydrogen (secondary N) is 4. The first-order chi connectivity index (χ1) is 45.4. The van der Waals surface area contributed by atoms with E-state index in [1.54, 1.807) is 0 Å². The van der Waals surface area contributed by atoms with E-state index in [9.17, 15) is 31.9 Å². The van der Waals surface area contributed by atoms with E-state index in [1.807, 2.05) is 81.7 Å². The Balaban J connectivity index is 0.000000145. The van der Waals surface area contributed by atoms with Gasteiger partial charge in [-0.3, -0.25) is 14.4 Å². The molecule has 15 rings (SSSR count). The van der Waals surface area contributed by atoms with Gasteiger partial charge in [0.25, 0.3) is 17.7 Å². The van der Waals surface area contributed by atoms with Crippen LogP contribution in [0.4, 0.5) is 34.6 Å². The highest BCUT2D eigenvalue weighted by atomic mass is 32.1. The Morgan fingerprint density at radius 3 is 1.29 bits per heavy atom. The van der Waals surface area contributed by atoms with Crippen LogP contribution in [0.1, 0.15) is 140 Å². The number of hydrogen-bond donors (Lipinski definition) is 4. The van der Waals surface area contributed by atoms with Gasteiger partial charge in [-0.15, -0.1) is 34.0 Å². The van der Waals surface area contributed by atoms with Gasteiger partial charge in [-0.1, -0.05) is 32.4 Å². The Morgan fingerprint density at radius 2 is 0.895 bits per heavy atom. The number of thiophene rings is 3. The molecule has 2 saturated carbocycles. The van der Waals surface area contributed by atoms with Crippen molar-refractivity contribution in [2.24, 2.45) is 23.7 Å². The van der Waals surface area contributed by atoms with Crippen LogP contribution >= 0.6 is 34.0 Å². The van der Waals surface area contributed by atoms with Gasteiger partial charge in [-0.25, -0.2) is 32.5 Å². The smallest absolute Gasteiger partial charge is 0.261 e. The third-order valence-electron chi connectivity index (χ3n) is 20.5. The molecule has 20 heteroatoms. The average molecular weight is 1350 g/mol. The third-order valence-corrected chi connectivity index (χ3v) is 24.1. The van der Waals surface area contributed by atoms with Crippen molar-refractivity contribution in [2.45, 2.75) is 132 Å². The maximum Gasteiger partial charge on any atom is 0.261 e. The summed E-state index contributed by atoms with van der Waals surface area (Å²) in [5.41, 5.74) is 9.50. The van der Waals surface area contributed by atoms with Crippen molar-refractivity contribution in [3.8, 4) is 0 Å². The number of aromatic nitrogens is 3. The predicted octanol–water partition coefficient (Wildman–Crippen LogP) is 15.5. The van der Waals surface area contributed by atoms with Gasteiger partial charge < -0.3 is 36.0 Å². The monoisotopic (exact) mass is 1350 g/mol. The molecule has 13 nitrogen and oxygen atoms in total. The van der Waals surface area contributed by atoms with Gasteiger partial charge in [0, 0.05) is 117 Å². The van der Waals surface area contributed by atoms with E-state index >= 15 is 0 Å². The molecule has 9 aromatic rings. The quantitative estimate of drug-likeness (QED) is 0.0731. The first kappa shape index (κ1) is 67.5. The zero-order valence-corrected chi connectivity index (χ0v) is 56.8. The van der Waals surface area contributed by atoms with Crippen molar-refractivity contribution in [3.63, 3.8) is 0 Å². The van der Waals surface area contributed by atoms with E-state index < -0.39 is 11.6 Å². The fraction of sp³-hybridized carbons (Fsp3) is 0.440. The molecule has 6 unspecified atom stereocenters. The number of benzene rings is 3. The average Bonchev–Trinajstić information content (AvgIpc) is 1.62. The molecular formula is C75H88F4N10O3S3. The minimum atomic E-state index is -0.412. The summed E-state index contributed by atoms with van der Waals surface area (Å²) in [5.74, 6) is 0.468. The minimum Gasteiger partial charge on any atom is -0.369 e. The van der Waals surface area contributed by atoms with Gasteiger partial charge in [0.05, 0.1) is 26.0 Å². The highest BCUT2D eigenvalue weighted by Crippen LogP contribution is 2.43. The molecule has 502 valence electrons. The summed E-state index contributed by atoms with van der Waals surface area (Å²) in [6.45, 7) is 18.3. The number of aryl methyl sites for hydroxylation is 6. The van der Waals surface area contributed by atoms with Gasteiger partial charge in [-0.2, -0.15) is 0 Å². The highest BCUT2D eigenvalue weighted by molar-refractivity contribution is 7.21. The summed E-state index contributed by atoms with van der Waals surface area (Å²) in [6, 6.07) is 27.3. The molecule has 6 atom stereocenters. The molecule has 3 amide bonds. The van der Waals surface area contributed by atoms with E-state index in [2.05, 4.69) is 71.5 Å². The largest absolute Gasteiger partial charge is 0.369 e. The Morgan fingerprint density at radius 1 is 0.505 bits per heavy atom. The van der Waals surface area contributed by atoms with E-state index in [4.69, 9.17) is 0 Å². The lowest BCUT2D eigenvalue weighted by Gasteiger charge is -2.25. The number of amides is 3. The van der Waals surface area contributed by atoms with Crippen LogP contribution in [-0.2, 0) is 19.3 Å². The van der Waals surface area contributed by atoms with E-state index in [1.165, 1.54) is 121 Å². The second-order valence-electron chi connectivity index (χ2n) is 26.7. The number of nitrogens with zero attached hydrogens (tertiary/aromatic N) is 6. The molecule has 4 aliphatic heterocycles. The lowest BCUT2D eigenvalue weighted by atomic mass is 10.0. The third kappa shape index (κ3) is 14.5. The Labute approximate surface area is 568 Å². The molecule has 6 fully saturated rings. The molecule has 2 aliphatic carbocycles. The van der Waals surface area contributed by atoms with Gasteiger partial charge in [0.15, 0.2) is 0 Å². The number of carbonyl (C=O) groups is 3. The van der Waals surface area contributed by atoms with Crippen LogP contribution in [0.5, 0.6) is 0 Å². The lowest BCUT2D eigenvalue weighted by molar-refractivity contribution is 0.0949. The molecule has 4 N–H and O–H groups in total. The first-order valence-corrected chi connectivity index (χ1v) is 35.9. The summed E-state index contributed by atoms with van der Waals surface area (Å²) in [6.07, 6.45) is 11.1. The second-order valence-corrected chi connectivity index (χ2v) is 29.7. The van der Waals surface area contributed by atoms with Crippen molar-refractivity contribution in [1.82, 2.24) is 36.2 Å². The molecule has 6 aromatic heterocycles. The summed E-state index contributed by atoms with van der Waals surface area (Å²) in [7, 11) is 0. The van der Waals surface area contributed by atoms with Gasteiger partial charge in [0.1, 0.15) is 37.8 Å². The molecule has 3 aromatic carbocycles. The molecular weight excluding hydrogens is 1260 g/mol. The molecule has 10 heterocycles. The Kier molecular flexibility index (Phi) is 20.6. The zero-order valence-electron chi connectivity index (χ0n) is 54.3. The van der Waals surface area contributed by atoms with Gasteiger partial charge in [0.2, 0.25) is 0 Å². The first-order valence-electron chi connectivity index (χ1n) is 33.4. The number of fused-ring (bicyclic) bond motifs is 6. The van der Waals surface area contributed by atoms with Crippen molar-refractivity contribution < 1.29 is 33.4 Å². The number of rotatable bonds is 15. The molecule has 0 bridgehead atoms. The van der Waals surface area contributed by atoms with Crippen molar-refractivity contribution in [2.75, 3.05) is 73.6 Å². The number of pyridine rings is 3. The Hall–Kier alpha value is -7.52. The summed E-state index contributed by atoms with van der Waals surface area (Å²) in [5, 5.41) is 15.4. The number of anilines is 3. The fourth-order valence-electron chi connectivity index (χ4n) is 15.3. The van der Waals surface area contributed by atoms with Crippen LogP contribution in [0.15, 0.2) is 84.9 Å². The summed E-state index contributed by atoms with van der Waals surface area (Å²) < 4.78 is 59.1. The lowest BCUT2D eigenvalue weighted by Crippen LogP contribution is -2.34. The normalized spacial score (nSPS) is 20.1.